The van der Waals surface area contributed by atoms with Gasteiger partial charge in [-0.3, -0.25) is 10.1 Å². The first-order valence-corrected chi connectivity index (χ1v) is 6.21. The lowest BCUT2D eigenvalue weighted by Gasteiger charge is -2.06. The van der Waals surface area contributed by atoms with Crippen molar-refractivity contribution >= 4 is 11.8 Å². The molecule has 0 aliphatic rings. The molecule has 0 unspecified atom stereocenters. The molecular formula is C11H14N4OS. The van der Waals surface area contributed by atoms with Crippen molar-refractivity contribution in [3.63, 3.8) is 0 Å². The number of nitrogens with one attached hydrogen (secondary N) is 1. The highest BCUT2D eigenvalue weighted by Gasteiger charge is 2.07. The molecule has 0 aliphatic carbocycles. The van der Waals surface area contributed by atoms with Gasteiger partial charge in [-0.2, -0.15) is 0 Å². The Kier molecular flexibility index (Phi) is 3.75. The number of rotatable bonds is 4. The predicted molar refractivity (Wildman–Crippen MR) is 64.7 cm³/mol. The van der Waals surface area contributed by atoms with Crippen LogP contribution in [-0.4, -0.2) is 25.3 Å². The molecule has 17 heavy (non-hydrogen) atoms. The molecule has 0 saturated carbocycles. The van der Waals surface area contributed by atoms with Crippen molar-refractivity contribution in [1.29, 1.82) is 0 Å². The Hall–Kier alpha value is -1.40. The molecule has 0 saturated heterocycles. The van der Waals surface area contributed by atoms with Crippen molar-refractivity contribution in [2.75, 3.05) is 0 Å². The number of aliphatic hydroxyl groups excluding tert-OH is 1. The van der Waals surface area contributed by atoms with E-state index >= 15 is 0 Å². The van der Waals surface area contributed by atoms with Crippen LogP contribution in [0.4, 0.5) is 0 Å². The van der Waals surface area contributed by atoms with Crippen molar-refractivity contribution in [3.05, 3.63) is 29.8 Å². The minimum absolute atomic E-state index is 0.486. The van der Waals surface area contributed by atoms with Crippen LogP contribution in [0.25, 0.3) is 0 Å². The van der Waals surface area contributed by atoms with Crippen LogP contribution in [0.5, 0.6) is 0 Å². The van der Waals surface area contributed by atoms with E-state index in [2.05, 4.69) is 20.2 Å². The first kappa shape index (κ1) is 12.1. The number of aryl methyl sites for hydroxylation is 1. The van der Waals surface area contributed by atoms with Gasteiger partial charge in [-0.25, -0.2) is 4.98 Å². The van der Waals surface area contributed by atoms with Crippen LogP contribution in [0.3, 0.4) is 0 Å². The van der Waals surface area contributed by atoms with Crippen LogP contribution in [0.15, 0.2) is 28.4 Å². The standard InChI is InChI=1S/C11H14N4OS/c1-3-10(16)9-5-4-8(6-12-9)17-11-13-7(2)14-15-11/h4-6,10,16H,3H2,1-2H3,(H,13,14,15)/t10-/m0/s1. The Morgan fingerprint density at radius 2 is 2.29 bits per heavy atom. The topological polar surface area (TPSA) is 74.7 Å². The minimum Gasteiger partial charge on any atom is -0.387 e. The summed E-state index contributed by atoms with van der Waals surface area (Å²) in [6.07, 6.45) is 1.91. The minimum atomic E-state index is -0.486. The van der Waals surface area contributed by atoms with Gasteiger partial charge in [0.1, 0.15) is 5.82 Å². The van der Waals surface area contributed by atoms with E-state index in [0.29, 0.717) is 17.3 Å². The third kappa shape index (κ3) is 3.04. The van der Waals surface area contributed by atoms with Gasteiger partial charge in [-0.1, -0.05) is 6.92 Å². The Bertz CT molecular complexity index is 482. The molecule has 0 bridgehead atoms. The van der Waals surface area contributed by atoms with Crippen LogP contribution in [0.1, 0.15) is 31.0 Å². The van der Waals surface area contributed by atoms with Gasteiger partial charge in [-0.15, -0.1) is 5.10 Å². The first-order chi connectivity index (χ1) is 8.19. The van der Waals surface area contributed by atoms with Gasteiger partial charge >= 0.3 is 0 Å². The Balaban J connectivity index is 2.08. The molecule has 6 heteroatoms. The summed E-state index contributed by atoms with van der Waals surface area (Å²) in [5.74, 6) is 0.790. The van der Waals surface area contributed by atoms with Crippen molar-refractivity contribution in [2.24, 2.45) is 0 Å². The van der Waals surface area contributed by atoms with Crippen LogP contribution >= 0.6 is 11.8 Å². The number of aromatic nitrogens is 4. The molecular weight excluding hydrogens is 236 g/mol. The number of aromatic amines is 1. The van der Waals surface area contributed by atoms with Crippen LogP contribution in [-0.2, 0) is 0 Å². The van der Waals surface area contributed by atoms with E-state index in [1.165, 1.54) is 11.8 Å². The number of hydrogen-bond donors (Lipinski definition) is 2. The van der Waals surface area contributed by atoms with Crippen LogP contribution < -0.4 is 0 Å². The summed E-state index contributed by atoms with van der Waals surface area (Å²) in [5.41, 5.74) is 0.697. The lowest BCUT2D eigenvalue weighted by atomic mass is 10.2. The summed E-state index contributed by atoms with van der Waals surface area (Å²) >= 11 is 1.44. The zero-order valence-corrected chi connectivity index (χ0v) is 10.5. The second-order valence-electron chi connectivity index (χ2n) is 3.65. The molecule has 0 radical (unpaired) electrons. The average molecular weight is 250 g/mol. The van der Waals surface area contributed by atoms with E-state index < -0.39 is 6.10 Å². The van der Waals surface area contributed by atoms with E-state index in [4.69, 9.17) is 0 Å². The lowest BCUT2D eigenvalue weighted by Crippen LogP contribution is -1.97. The van der Waals surface area contributed by atoms with Crippen molar-refractivity contribution in [3.8, 4) is 0 Å². The van der Waals surface area contributed by atoms with Crippen LogP contribution in [0, 0.1) is 6.92 Å². The monoisotopic (exact) mass is 250 g/mol. The summed E-state index contributed by atoms with van der Waals surface area (Å²) in [6.45, 7) is 3.78. The highest BCUT2D eigenvalue weighted by molar-refractivity contribution is 7.99. The molecule has 2 N–H and O–H groups in total. The number of nitrogens with zero attached hydrogens (tertiary/aromatic N) is 3. The normalized spacial score (nSPS) is 12.6. The lowest BCUT2D eigenvalue weighted by molar-refractivity contribution is 0.169. The van der Waals surface area contributed by atoms with Gasteiger partial charge in [0.05, 0.1) is 11.8 Å². The van der Waals surface area contributed by atoms with Crippen LogP contribution in [0.2, 0.25) is 0 Å². The fourth-order valence-corrected chi connectivity index (χ4v) is 2.06. The molecule has 5 nitrogen and oxygen atoms in total. The Morgan fingerprint density at radius 3 is 2.82 bits per heavy atom. The molecule has 2 rings (SSSR count). The fraction of sp³-hybridized carbons (Fsp3) is 0.364. The quantitative estimate of drug-likeness (QED) is 0.869. The fourth-order valence-electron chi connectivity index (χ4n) is 1.33. The van der Waals surface area contributed by atoms with E-state index in [0.717, 1.165) is 10.7 Å². The summed E-state index contributed by atoms with van der Waals surface area (Å²) in [6, 6.07) is 3.74. The maximum Gasteiger partial charge on any atom is 0.213 e. The van der Waals surface area contributed by atoms with Gasteiger partial charge in [-0.05, 0) is 37.2 Å². The molecule has 0 aromatic carbocycles. The zero-order valence-electron chi connectivity index (χ0n) is 9.71. The number of pyridine rings is 1. The molecule has 0 amide bonds. The third-order valence-electron chi connectivity index (χ3n) is 2.27. The van der Waals surface area contributed by atoms with E-state index in [1.807, 2.05) is 26.0 Å². The van der Waals surface area contributed by atoms with Gasteiger partial charge in [0.15, 0.2) is 0 Å². The number of hydrogen-bond acceptors (Lipinski definition) is 5. The summed E-state index contributed by atoms with van der Waals surface area (Å²) < 4.78 is 0. The first-order valence-electron chi connectivity index (χ1n) is 5.40. The highest BCUT2D eigenvalue weighted by Crippen LogP contribution is 2.24. The Labute approximate surface area is 104 Å². The maximum atomic E-state index is 9.61. The van der Waals surface area contributed by atoms with Gasteiger partial charge in [0.2, 0.25) is 5.16 Å². The van der Waals surface area contributed by atoms with E-state index in [1.54, 1.807) is 6.20 Å². The molecule has 0 aliphatic heterocycles. The van der Waals surface area contributed by atoms with Gasteiger partial charge < -0.3 is 5.11 Å². The van der Waals surface area contributed by atoms with Crippen molar-refractivity contribution in [2.45, 2.75) is 36.4 Å². The third-order valence-corrected chi connectivity index (χ3v) is 3.12. The van der Waals surface area contributed by atoms with Crippen molar-refractivity contribution in [1.82, 2.24) is 20.2 Å². The molecule has 0 spiro atoms. The highest BCUT2D eigenvalue weighted by atomic mass is 32.2. The van der Waals surface area contributed by atoms with Gasteiger partial charge in [0, 0.05) is 11.1 Å². The molecule has 2 aromatic heterocycles. The Morgan fingerprint density at radius 1 is 1.47 bits per heavy atom. The molecule has 2 aromatic rings. The van der Waals surface area contributed by atoms with Gasteiger partial charge in [0.25, 0.3) is 0 Å². The summed E-state index contributed by atoms with van der Waals surface area (Å²) in [4.78, 5) is 9.37. The summed E-state index contributed by atoms with van der Waals surface area (Å²) in [5, 5.41) is 17.1. The molecule has 1 atom stereocenters. The smallest absolute Gasteiger partial charge is 0.213 e. The second kappa shape index (κ2) is 5.29. The average Bonchev–Trinajstić information content (AvgIpc) is 2.75. The molecule has 0 fully saturated rings. The second-order valence-corrected chi connectivity index (χ2v) is 4.69. The SMILES string of the molecule is CC[C@H](O)c1ccc(Sc2n[nH]c(C)n2)cn1. The van der Waals surface area contributed by atoms with E-state index in [-0.39, 0.29) is 0 Å². The zero-order chi connectivity index (χ0) is 12.3. The number of H-pyrrole nitrogens is 1. The largest absolute Gasteiger partial charge is 0.387 e. The molecule has 2 heterocycles. The molecule has 90 valence electrons. The number of aliphatic hydroxyl groups is 1. The van der Waals surface area contributed by atoms with E-state index in [9.17, 15) is 5.11 Å². The predicted octanol–water partition coefficient (Wildman–Crippen LogP) is 2.10. The van der Waals surface area contributed by atoms with Crippen molar-refractivity contribution < 1.29 is 5.11 Å². The summed E-state index contributed by atoms with van der Waals surface area (Å²) in [7, 11) is 0. The maximum absolute atomic E-state index is 9.61.